The maximum atomic E-state index is 13.1. The number of rotatable bonds is 10. The number of ether oxygens (including phenoxy) is 1. The molecule has 1 fully saturated rings. The summed E-state index contributed by atoms with van der Waals surface area (Å²) in [6, 6.07) is 12.3. The van der Waals surface area contributed by atoms with E-state index in [1.807, 2.05) is 49.8 Å². The molecule has 4 heterocycles. The summed E-state index contributed by atoms with van der Waals surface area (Å²) in [4.78, 5) is 24.5. The number of thiophene rings is 1. The standard InChI is InChI=1S/C32H40N6O2S/c1-23-7-8-24(18-29(39)30-9-10-31(41-30)32(2,3)4)17-28(23)38-22-27(34-35-38)25-19-26(21-33-20-25)37-14-12-36(13-15-37)11-6-16-40-5/h7-10,17,19-22H,6,11-16,18H2,1-5H3. The minimum atomic E-state index is 0.0408. The first-order chi connectivity index (χ1) is 19.7. The average molecular weight is 573 g/mol. The fourth-order valence-electron chi connectivity index (χ4n) is 5.09. The normalized spacial score (nSPS) is 14.5. The first-order valence-corrected chi connectivity index (χ1v) is 15.1. The van der Waals surface area contributed by atoms with Crippen LogP contribution in [0.1, 0.15) is 52.9 Å². The molecule has 216 valence electrons. The van der Waals surface area contributed by atoms with Gasteiger partial charge in [0.15, 0.2) is 5.78 Å². The van der Waals surface area contributed by atoms with Crippen molar-refractivity contribution in [2.45, 2.75) is 46.0 Å². The van der Waals surface area contributed by atoms with Gasteiger partial charge in [-0.25, -0.2) is 4.68 Å². The van der Waals surface area contributed by atoms with Gasteiger partial charge >= 0.3 is 0 Å². The Morgan fingerprint density at radius 3 is 2.59 bits per heavy atom. The van der Waals surface area contributed by atoms with Gasteiger partial charge in [0.05, 0.1) is 28.6 Å². The summed E-state index contributed by atoms with van der Waals surface area (Å²) in [5, 5.41) is 8.92. The number of hydrogen-bond acceptors (Lipinski definition) is 8. The number of ketones is 1. The van der Waals surface area contributed by atoms with Gasteiger partial charge in [0.2, 0.25) is 0 Å². The fourth-order valence-corrected chi connectivity index (χ4v) is 6.09. The molecule has 1 saturated heterocycles. The first-order valence-electron chi connectivity index (χ1n) is 14.3. The topological polar surface area (TPSA) is 76.4 Å². The highest BCUT2D eigenvalue weighted by atomic mass is 32.1. The molecule has 0 saturated carbocycles. The van der Waals surface area contributed by atoms with Gasteiger partial charge in [0.25, 0.3) is 0 Å². The number of benzene rings is 1. The van der Waals surface area contributed by atoms with Gasteiger partial charge in [-0.3, -0.25) is 14.7 Å². The number of carbonyl (C=O) groups excluding carboxylic acids is 1. The Hall–Kier alpha value is -3.40. The van der Waals surface area contributed by atoms with E-state index in [2.05, 4.69) is 58.0 Å². The SMILES string of the molecule is COCCCN1CCN(c2cncc(-c3cn(-c4cc(CC(=O)c5ccc(C(C)(C)C)s5)ccc4C)nn3)c2)CC1. The molecule has 5 rings (SSSR count). The van der Waals surface area contributed by atoms with Crippen LogP contribution >= 0.6 is 11.3 Å². The van der Waals surface area contributed by atoms with Crippen molar-refractivity contribution in [3.8, 4) is 16.9 Å². The van der Waals surface area contributed by atoms with Crippen LogP contribution in [0.4, 0.5) is 5.69 Å². The van der Waals surface area contributed by atoms with Gasteiger partial charge in [0, 0.05) is 69.5 Å². The summed E-state index contributed by atoms with van der Waals surface area (Å²) >= 11 is 1.59. The Labute approximate surface area is 247 Å². The summed E-state index contributed by atoms with van der Waals surface area (Å²) < 4.78 is 6.99. The van der Waals surface area contributed by atoms with Crippen molar-refractivity contribution in [3.05, 3.63) is 75.9 Å². The van der Waals surface area contributed by atoms with E-state index >= 15 is 0 Å². The maximum absolute atomic E-state index is 13.1. The highest BCUT2D eigenvalue weighted by Gasteiger charge is 2.20. The summed E-state index contributed by atoms with van der Waals surface area (Å²) in [7, 11) is 1.76. The maximum Gasteiger partial charge on any atom is 0.177 e. The Morgan fingerprint density at radius 1 is 1.05 bits per heavy atom. The molecule has 0 amide bonds. The van der Waals surface area contributed by atoms with E-state index in [1.165, 1.54) is 4.88 Å². The second-order valence-corrected chi connectivity index (χ2v) is 12.9. The molecule has 1 aliphatic rings. The van der Waals surface area contributed by atoms with E-state index in [4.69, 9.17) is 4.74 Å². The quantitative estimate of drug-likeness (QED) is 0.181. The fraction of sp³-hybridized carbons (Fsp3) is 0.438. The summed E-state index contributed by atoms with van der Waals surface area (Å²) in [5.74, 6) is 0.137. The second-order valence-electron chi connectivity index (χ2n) is 11.8. The van der Waals surface area contributed by atoms with Crippen LogP contribution in [0.5, 0.6) is 0 Å². The lowest BCUT2D eigenvalue weighted by Gasteiger charge is -2.36. The number of piperazine rings is 1. The minimum Gasteiger partial charge on any atom is -0.385 e. The molecule has 4 aromatic rings. The molecule has 0 atom stereocenters. The molecule has 41 heavy (non-hydrogen) atoms. The van der Waals surface area contributed by atoms with E-state index in [0.29, 0.717) is 6.42 Å². The summed E-state index contributed by atoms with van der Waals surface area (Å²) in [5.41, 5.74) is 5.80. The molecule has 0 bridgehead atoms. The monoisotopic (exact) mass is 572 g/mol. The third kappa shape index (κ3) is 7.09. The molecule has 0 spiro atoms. The Kier molecular flexibility index (Phi) is 8.97. The van der Waals surface area contributed by atoms with Crippen molar-refractivity contribution in [1.29, 1.82) is 0 Å². The van der Waals surface area contributed by atoms with Crippen LogP contribution in [0.15, 0.2) is 55.0 Å². The molecule has 0 aliphatic carbocycles. The molecule has 8 nitrogen and oxygen atoms in total. The van der Waals surface area contributed by atoms with Crippen molar-refractivity contribution in [1.82, 2.24) is 24.9 Å². The van der Waals surface area contributed by atoms with Crippen molar-refractivity contribution >= 4 is 22.8 Å². The van der Waals surface area contributed by atoms with Crippen LogP contribution in [-0.4, -0.2) is 77.1 Å². The van der Waals surface area contributed by atoms with Crippen LogP contribution < -0.4 is 4.90 Å². The molecule has 0 N–H and O–H groups in total. The molecule has 0 radical (unpaired) electrons. The predicted octanol–water partition coefficient (Wildman–Crippen LogP) is 5.58. The summed E-state index contributed by atoms with van der Waals surface area (Å²) in [6.45, 7) is 14.5. The average Bonchev–Trinajstić information content (AvgIpc) is 3.66. The molecule has 1 aliphatic heterocycles. The van der Waals surface area contributed by atoms with Crippen LogP contribution in [0.25, 0.3) is 16.9 Å². The Bertz CT molecular complexity index is 1480. The minimum absolute atomic E-state index is 0.0408. The zero-order valence-electron chi connectivity index (χ0n) is 24.8. The Morgan fingerprint density at radius 2 is 1.85 bits per heavy atom. The molecular formula is C32H40N6O2S. The van der Waals surface area contributed by atoms with E-state index in [9.17, 15) is 4.79 Å². The molecule has 3 aromatic heterocycles. The first kappa shape index (κ1) is 29.1. The number of anilines is 1. The highest BCUT2D eigenvalue weighted by Crippen LogP contribution is 2.30. The number of Topliss-reactive ketones (excluding diaryl/α,β-unsaturated/α-hetero) is 1. The van der Waals surface area contributed by atoms with E-state index in [-0.39, 0.29) is 11.2 Å². The number of pyridine rings is 1. The zero-order chi connectivity index (χ0) is 29.0. The third-order valence-corrected chi connectivity index (χ3v) is 9.13. The number of carbonyl (C=O) groups is 1. The number of nitrogens with zero attached hydrogens (tertiary/aromatic N) is 6. The van der Waals surface area contributed by atoms with Gasteiger partial charge in [-0.15, -0.1) is 16.4 Å². The van der Waals surface area contributed by atoms with Gasteiger partial charge in [-0.1, -0.05) is 38.1 Å². The van der Waals surface area contributed by atoms with Crippen LogP contribution in [0.3, 0.4) is 0 Å². The number of aromatic nitrogens is 4. The van der Waals surface area contributed by atoms with Crippen LogP contribution in [-0.2, 0) is 16.6 Å². The van der Waals surface area contributed by atoms with Crippen molar-refractivity contribution in [3.63, 3.8) is 0 Å². The van der Waals surface area contributed by atoms with Crippen molar-refractivity contribution in [2.24, 2.45) is 0 Å². The molecular weight excluding hydrogens is 532 g/mol. The third-order valence-electron chi connectivity index (χ3n) is 7.58. The highest BCUT2D eigenvalue weighted by molar-refractivity contribution is 7.14. The van der Waals surface area contributed by atoms with Crippen molar-refractivity contribution in [2.75, 3.05) is 51.3 Å². The molecule has 0 unspecified atom stereocenters. The summed E-state index contributed by atoms with van der Waals surface area (Å²) in [6.07, 6.45) is 7.13. The lowest BCUT2D eigenvalue weighted by Crippen LogP contribution is -2.46. The number of aryl methyl sites for hydroxylation is 1. The Balaban J connectivity index is 1.27. The zero-order valence-corrected chi connectivity index (χ0v) is 25.6. The molecule has 9 heteroatoms. The number of methoxy groups -OCH3 is 1. The van der Waals surface area contributed by atoms with Gasteiger partial charge < -0.3 is 9.64 Å². The van der Waals surface area contributed by atoms with Crippen LogP contribution in [0, 0.1) is 6.92 Å². The van der Waals surface area contributed by atoms with Gasteiger partial charge in [-0.2, -0.15) is 0 Å². The van der Waals surface area contributed by atoms with Gasteiger partial charge in [-0.05, 0) is 54.2 Å². The smallest absolute Gasteiger partial charge is 0.177 e. The second kappa shape index (κ2) is 12.6. The van der Waals surface area contributed by atoms with Crippen LogP contribution in [0.2, 0.25) is 0 Å². The lowest BCUT2D eigenvalue weighted by atomic mass is 9.95. The van der Waals surface area contributed by atoms with Crippen molar-refractivity contribution < 1.29 is 9.53 Å². The van der Waals surface area contributed by atoms with Gasteiger partial charge in [0.1, 0.15) is 5.69 Å². The van der Waals surface area contributed by atoms with E-state index in [0.717, 1.165) is 84.4 Å². The number of hydrogen-bond donors (Lipinski definition) is 0. The van der Waals surface area contributed by atoms with E-state index < -0.39 is 0 Å². The lowest BCUT2D eigenvalue weighted by molar-refractivity contribution is 0.0997. The largest absolute Gasteiger partial charge is 0.385 e. The molecule has 1 aromatic carbocycles. The predicted molar refractivity (Wildman–Crippen MR) is 166 cm³/mol. The van der Waals surface area contributed by atoms with E-state index in [1.54, 1.807) is 23.1 Å².